The first-order chi connectivity index (χ1) is 12.7. The molecule has 0 radical (unpaired) electrons. The van der Waals surface area contributed by atoms with Gasteiger partial charge in [-0.1, -0.05) is 6.07 Å². The molecular weight excluding hydrogens is 371 g/mol. The zero-order chi connectivity index (χ0) is 19.8. The third kappa shape index (κ3) is 3.78. The van der Waals surface area contributed by atoms with Crippen LogP contribution in [0.4, 0.5) is 27.6 Å². The van der Waals surface area contributed by atoms with Crippen molar-refractivity contribution in [3.63, 3.8) is 0 Å². The minimum Gasteiger partial charge on any atom is -0.376 e. The Labute approximate surface area is 149 Å². The highest BCUT2D eigenvalue weighted by Crippen LogP contribution is 2.24. The number of benzene rings is 1. The largest absolute Gasteiger partial charge is 0.405 e. The second kappa shape index (κ2) is 6.78. The van der Waals surface area contributed by atoms with Gasteiger partial charge in [-0.3, -0.25) is 14.6 Å². The van der Waals surface area contributed by atoms with Crippen LogP contribution < -0.4 is 5.32 Å². The first-order valence-corrected chi connectivity index (χ1v) is 7.51. The lowest BCUT2D eigenvalue weighted by molar-refractivity contribution is -0.115. The summed E-state index contributed by atoms with van der Waals surface area (Å²) in [6, 6.07) is 4.39. The summed E-state index contributed by atoms with van der Waals surface area (Å²) in [6.07, 6.45) is -2.05. The molecule has 0 bridgehead atoms. The van der Waals surface area contributed by atoms with Gasteiger partial charge in [0.2, 0.25) is 0 Å². The molecule has 0 aliphatic carbocycles. The minimum atomic E-state index is -4.52. The van der Waals surface area contributed by atoms with Crippen molar-refractivity contribution >= 4 is 23.3 Å². The Balaban J connectivity index is 2.08. The van der Waals surface area contributed by atoms with Crippen LogP contribution in [0.3, 0.4) is 0 Å². The van der Waals surface area contributed by atoms with E-state index in [2.05, 4.69) is 10.3 Å². The summed E-state index contributed by atoms with van der Waals surface area (Å²) in [5.74, 6) is -1.85. The average Bonchev–Trinajstić information content (AvgIpc) is 3.02. The van der Waals surface area contributed by atoms with E-state index < -0.39 is 24.4 Å². The highest BCUT2D eigenvalue weighted by molar-refractivity contribution is 6.13. The predicted molar refractivity (Wildman–Crippen MR) is 87.4 cm³/mol. The molecule has 2 N–H and O–H groups in total. The Hall–Kier alpha value is -3.30. The molecule has 2 heterocycles. The molecule has 0 saturated heterocycles. The molecule has 0 aliphatic heterocycles. The van der Waals surface area contributed by atoms with E-state index in [1.165, 1.54) is 12.1 Å². The van der Waals surface area contributed by atoms with E-state index in [-0.39, 0.29) is 33.9 Å². The van der Waals surface area contributed by atoms with Crippen molar-refractivity contribution in [2.45, 2.75) is 6.18 Å². The van der Waals surface area contributed by atoms with E-state index in [9.17, 15) is 26.7 Å². The van der Waals surface area contributed by atoms with E-state index in [0.717, 1.165) is 22.9 Å². The normalized spacial score (nSPS) is 11.6. The number of hydrogen-bond donors (Lipinski definition) is 2. The molecule has 0 unspecified atom stereocenters. The summed E-state index contributed by atoms with van der Waals surface area (Å²) in [6.45, 7) is -1.38. The van der Waals surface area contributed by atoms with E-state index in [1.807, 2.05) is 0 Å². The van der Waals surface area contributed by atoms with Gasteiger partial charge in [0.15, 0.2) is 11.5 Å². The molecule has 0 amide bonds. The van der Waals surface area contributed by atoms with Gasteiger partial charge in [0, 0.05) is 29.1 Å². The summed E-state index contributed by atoms with van der Waals surface area (Å²) in [4.78, 5) is 14.7. The predicted octanol–water partition coefficient (Wildman–Crippen LogP) is 3.82. The highest BCUT2D eigenvalue weighted by atomic mass is 19.4. The van der Waals surface area contributed by atoms with Crippen LogP contribution in [0.5, 0.6) is 0 Å². The monoisotopic (exact) mass is 382 g/mol. The lowest BCUT2D eigenvalue weighted by atomic mass is 10.0. The summed E-state index contributed by atoms with van der Waals surface area (Å²) in [5.41, 5.74) is -0.589. The number of nitrogens with zero attached hydrogens (tertiary/aromatic N) is 2. The zero-order valence-electron chi connectivity index (χ0n) is 13.4. The quantitative estimate of drug-likeness (QED) is 0.401. The Kier molecular flexibility index (Phi) is 4.64. The summed E-state index contributed by atoms with van der Waals surface area (Å²) in [7, 11) is 0. The van der Waals surface area contributed by atoms with Crippen LogP contribution in [0, 0.1) is 17.0 Å². The molecule has 5 nitrogen and oxygen atoms in total. The number of imidazole rings is 1. The topological polar surface area (TPSA) is 70.2 Å². The third-order valence-electron chi connectivity index (χ3n) is 3.71. The number of aromatic nitrogens is 2. The van der Waals surface area contributed by atoms with Gasteiger partial charge in [0.05, 0.1) is 17.6 Å². The Morgan fingerprint density at radius 3 is 2.67 bits per heavy atom. The molecule has 2 aromatic heterocycles. The fraction of sp³-hybridized carbons (Fsp3) is 0.118. The van der Waals surface area contributed by atoms with Crippen molar-refractivity contribution in [3.8, 4) is 0 Å². The van der Waals surface area contributed by atoms with Crippen LogP contribution in [0.25, 0.3) is 5.65 Å². The Morgan fingerprint density at radius 1 is 1.26 bits per heavy atom. The minimum absolute atomic E-state index is 0.0105. The number of halogens is 5. The van der Waals surface area contributed by atoms with Crippen LogP contribution in [0.15, 0.2) is 36.7 Å². The van der Waals surface area contributed by atoms with Crippen molar-refractivity contribution in [3.05, 3.63) is 65.1 Å². The standard InChI is InChI=1S/C17H11F5N4O/c18-10-4-12(19)16-24-5-14(26(16)6-10)15(23)11-2-1-9(7-27)3-13(11)25-8-17(20,21)22/h1-7,23,25H,8H2. The smallest absolute Gasteiger partial charge is 0.376 e. The lowest BCUT2D eigenvalue weighted by Gasteiger charge is -2.15. The molecule has 0 aliphatic rings. The van der Waals surface area contributed by atoms with E-state index >= 15 is 0 Å². The number of alkyl halides is 3. The number of anilines is 1. The fourth-order valence-corrected chi connectivity index (χ4v) is 2.53. The second-order valence-electron chi connectivity index (χ2n) is 5.61. The van der Waals surface area contributed by atoms with Gasteiger partial charge in [-0.15, -0.1) is 0 Å². The van der Waals surface area contributed by atoms with E-state index in [4.69, 9.17) is 5.41 Å². The van der Waals surface area contributed by atoms with Crippen molar-refractivity contribution in [2.24, 2.45) is 0 Å². The van der Waals surface area contributed by atoms with Crippen molar-refractivity contribution in [1.29, 1.82) is 5.41 Å². The molecule has 0 spiro atoms. The summed E-state index contributed by atoms with van der Waals surface area (Å²) in [5, 5.41) is 10.4. The van der Waals surface area contributed by atoms with Crippen molar-refractivity contribution in [1.82, 2.24) is 9.38 Å². The Bertz CT molecular complexity index is 1040. The van der Waals surface area contributed by atoms with Gasteiger partial charge < -0.3 is 5.32 Å². The number of fused-ring (bicyclic) bond motifs is 1. The maximum Gasteiger partial charge on any atom is 0.405 e. The molecule has 0 fully saturated rings. The van der Waals surface area contributed by atoms with Crippen LogP contribution in [-0.2, 0) is 0 Å². The van der Waals surface area contributed by atoms with Crippen LogP contribution in [0.2, 0.25) is 0 Å². The van der Waals surface area contributed by atoms with Gasteiger partial charge in [0.25, 0.3) is 0 Å². The summed E-state index contributed by atoms with van der Waals surface area (Å²) < 4.78 is 65.9. The molecule has 140 valence electrons. The zero-order valence-corrected chi connectivity index (χ0v) is 13.4. The SMILES string of the molecule is N=C(c1ccc(C=O)cc1NCC(F)(F)F)c1cnc2c(F)cc(F)cn12. The van der Waals surface area contributed by atoms with Gasteiger partial charge in [-0.25, -0.2) is 13.8 Å². The fourth-order valence-electron chi connectivity index (χ4n) is 2.53. The molecule has 1 aromatic carbocycles. The molecule has 3 rings (SSSR count). The maximum absolute atomic E-state index is 13.8. The number of carbonyl (C=O) groups excluding carboxylic acids is 1. The van der Waals surface area contributed by atoms with E-state index in [1.54, 1.807) is 0 Å². The number of aldehydes is 1. The van der Waals surface area contributed by atoms with Gasteiger partial charge in [0.1, 0.15) is 18.6 Å². The highest BCUT2D eigenvalue weighted by Gasteiger charge is 2.27. The van der Waals surface area contributed by atoms with Gasteiger partial charge >= 0.3 is 6.18 Å². The molecule has 0 atom stereocenters. The molecule has 3 aromatic rings. The molecule has 0 saturated carbocycles. The number of carbonyl (C=O) groups is 1. The maximum atomic E-state index is 13.8. The van der Waals surface area contributed by atoms with Crippen LogP contribution >= 0.6 is 0 Å². The van der Waals surface area contributed by atoms with Crippen LogP contribution in [0.1, 0.15) is 21.6 Å². The van der Waals surface area contributed by atoms with Gasteiger partial charge in [-0.05, 0) is 12.1 Å². The first kappa shape index (κ1) is 18.5. The van der Waals surface area contributed by atoms with Crippen molar-refractivity contribution < 1.29 is 26.7 Å². The number of rotatable bonds is 5. The Morgan fingerprint density at radius 2 is 2.00 bits per heavy atom. The number of nitrogens with one attached hydrogen (secondary N) is 2. The molecule has 10 heteroatoms. The molecular formula is C17H11F5N4O. The average molecular weight is 382 g/mol. The molecule has 27 heavy (non-hydrogen) atoms. The van der Waals surface area contributed by atoms with Crippen molar-refractivity contribution in [2.75, 3.05) is 11.9 Å². The second-order valence-corrected chi connectivity index (χ2v) is 5.61. The lowest BCUT2D eigenvalue weighted by Crippen LogP contribution is -2.22. The third-order valence-corrected chi connectivity index (χ3v) is 3.71. The summed E-state index contributed by atoms with van der Waals surface area (Å²) >= 11 is 0. The van der Waals surface area contributed by atoms with Crippen LogP contribution in [-0.4, -0.2) is 34.1 Å². The van der Waals surface area contributed by atoms with Gasteiger partial charge in [-0.2, -0.15) is 13.2 Å². The first-order valence-electron chi connectivity index (χ1n) is 7.51. The number of pyridine rings is 1. The number of hydrogen-bond acceptors (Lipinski definition) is 4. The van der Waals surface area contributed by atoms with E-state index in [0.29, 0.717) is 12.4 Å².